The maximum atomic E-state index is 9.24. The normalized spacial score (nSPS) is 10.5. The minimum atomic E-state index is 0.152. The van der Waals surface area contributed by atoms with Crippen LogP contribution in [0.15, 0.2) is 24.3 Å². The second-order valence-corrected chi connectivity index (χ2v) is 2.33. The Kier molecular flexibility index (Phi) is 2.75. The van der Waals surface area contributed by atoms with Crippen LogP contribution in [0.1, 0.15) is 5.56 Å². The number of ether oxygens (including phenoxy) is 1. The topological polar surface area (TPSA) is 29.5 Å². The third-order valence-corrected chi connectivity index (χ3v) is 1.51. The van der Waals surface area contributed by atoms with E-state index < -0.39 is 0 Å². The maximum Gasteiger partial charge on any atom is 0.161 e. The molecular weight excluding hydrogens is 152 g/mol. The van der Waals surface area contributed by atoms with Gasteiger partial charge in [-0.2, -0.15) is 0 Å². The molecule has 0 aromatic heterocycles. The number of hydrogen-bond acceptors (Lipinski definition) is 2. The fourth-order valence-electron chi connectivity index (χ4n) is 0.934. The molecule has 1 radical (unpaired) electrons. The van der Waals surface area contributed by atoms with Crippen LogP contribution in [0.3, 0.4) is 0 Å². The van der Waals surface area contributed by atoms with Gasteiger partial charge in [-0.25, -0.2) is 0 Å². The van der Waals surface area contributed by atoms with Gasteiger partial charge in [0.05, 0.1) is 7.11 Å². The lowest BCUT2D eigenvalue weighted by Gasteiger charge is -2.03. The molecule has 2 nitrogen and oxygen atoms in total. The molecule has 0 unspecified atom stereocenters. The Morgan fingerprint density at radius 3 is 2.83 bits per heavy atom. The SMILES string of the molecule is [CH2]/C=C/c1ccc(O)c(OC)c1. The summed E-state index contributed by atoms with van der Waals surface area (Å²) in [7, 11) is 1.52. The standard InChI is InChI=1S/C10H11O2/c1-3-4-8-5-6-9(11)10(7-8)12-2/h3-7,11H,1H2,2H3/b4-3+. The van der Waals surface area contributed by atoms with Gasteiger partial charge in [0.15, 0.2) is 11.5 Å². The summed E-state index contributed by atoms with van der Waals surface area (Å²) in [5.74, 6) is 0.629. The third kappa shape index (κ3) is 1.78. The van der Waals surface area contributed by atoms with Crippen molar-refractivity contribution in [2.24, 2.45) is 0 Å². The number of phenols is 1. The molecular formula is C10H11O2. The Balaban J connectivity index is 3.05. The van der Waals surface area contributed by atoms with E-state index in [-0.39, 0.29) is 5.75 Å². The molecule has 0 spiro atoms. The lowest BCUT2D eigenvalue weighted by Crippen LogP contribution is -1.83. The van der Waals surface area contributed by atoms with Gasteiger partial charge in [0.2, 0.25) is 0 Å². The van der Waals surface area contributed by atoms with Gasteiger partial charge in [0.1, 0.15) is 0 Å². The Morgan fingerprint density at radius 1 is 1.50 bits per heavy atom. The number of rotatable bonds is 2. The zero-order chi connectivity index (χ0) is 8.97. The second-order valence-electron chi connectivity index (χ2n) is 2.33. The van der Waals surface area contributed by atoms with Gasteiger partial charge in [-0.05, 0) is 24.6 Å². The second kappa shape index (κ2) is 3.81. The van der Waals surface area contributed by atoms with Crippen molar-refractivity contribution < 1.29 is 9.84 Å². The molecule has 1 N–H and O–H groups in total. The van der Waals surface area contributed by atoms with E-state index in [0.717, 1.165) is 5.56 Å². The quantitative estimate of drug-likeness (QED) is 0.724. The van der Waals surface area contributed by atoms with Crippen LogP contribution >= 0.6 is 0 Å². The summed E-state index contributed by atoms with van der Waals surface area (Å²) in [6.07, 6.45) is 3.52. The average Bonchev–Trinajstić information content (AvgIpc) is 2.09. The van der Waals surface area contributed by atoms with Crippen molar-refractivity contribution in [1.82, 2.24) is 0 Å². The molecule has 0 bridgehead atoms. The predicted octanol–water partition coefficient (Wildman–Crippen LogP) is 2.25. The molecule has 0 amide bonds. The van der Waals surface area contributed by atoms with Crippen LogP contribution in [0.2, 0.25) is 0 Å². The molecule has 0 fully saturated rings. The van der Waals surface area contributed by atoms with Crippen LogP contribution in [0, 0.1) is 6.92 Å². The lowest BCUT2D eigenvalue weighted by molar-refractivity contribution is 0.373. The number of methoxy groups -OCH3 is 1. The van der Waals surface area contributed by atoms with E-state index in [1.54, 1.807) is 24.3 Å². The minimum Gasteiger partial charge on any atom is -0.504 e. The monoisotopic (exact) mass is 163 g/mol. The zero-order valence-corrected chi connectivity index (χ0v) is 6.95. The van der Waals surface area contributed by atoms with Gasteiger partial charge in [-0.1, -0.05) is 18.2 Å². The molecule has 63 valence electrons. The molecule has 0 atom stereocenters. The molecule has 1 aromatic carbocycles. The van der Waals surface area contributed by atoms with Crippen molar-refractivity contribution in [3.8, 4) is 11.5 Å². The number of phenolic OH excluding ortho intramolecular Hbond substituents is 1. The Morgan fingerprint density at radius 2 is 2.25 bits per heavy atom. The average molecular weight is 163 g/mol. The van der Waals surface area contributed by atoms with E-state index in [2.05, 4.69) is 6.92 Å². The summed E-state index contributed by atoms with van der Waals surface area (Å²) in [6.45, 7) is 3.58. The van der Waals surface area contributed by atoms with Gasteiger partial charge in [-0.3, -0.25) is 0 Å². The molecule has 1 rings (SSSR count). The van der Waals surface area contributed by atoms with Gasteiger partial charge in [0, 0.05) is 0 Å². The Bertz CT molecular complexity index is 290. The van der Waals surface area contributed by atoms with Crippen molar-refractivity contribution in [2.45, 2.75) is 0 Å². The van der Waals surface area contributed by atoms with Crippen molar-refractivity contribution >= 4 is 6.08 Å². The smallest absolute Gasteiger partial charge is 0.161 e. The highest BCUT2D eigenvalue weighted by Crippen LogP contribution is 2.26. The number of allylic oxidation sites excluding steroid dienone is 1. The predicted molar refractivity (Wildman–Crippen MR) is 49.0 cm³/mol. The highest BCUT2D eigenvalue weighted by molar-refractivity contribution is 5.55. The minimum absolute atomic E-state index is 0.152. The summed E-state index contributed by atoms with van der Waals surface area (Å²) < 4.78 is 4.93. The molecule has 0 aliphatic rings. The maximum absolute atomic E-state index is 9.24. The van der Waals surface area contributed by atoms with Crippen LogP contribution in [0.5, 0.6) is 11.5 Å². The molecule has 0 saturated heterocycles. The molecule has 2 heteroatoms. The summed E-state index contributed by atoms with van der Waals surface area (Å²) in [4.78, 5) is 0. The fraction of sp³-hybridized carbons (Fsp3) is 0.100. The first-order chi connectivity index (χ1) is 5.77. The Hall–Kier alpha value is -1.44. The number of benzene rings is 1. The summed E-state index contributed by atoms with van der Waals surface area (Å²) in [5, 5.41) is 9.24. The van der Waals surface area contributed by atoms with Crippen molar-refractivity contribution in [2.75, 3.05) is 7.11 Å². The van der Waals surface area contributed by atoms with Crippen LogP contribution < -0.4 is 4.74 Å². The van der Waals surface area contributed by atoms with Crippen LogP contribution in [0.4, 0.5) is 0 Å². The molecule has 0 heterocycles. The van der Waals surface area contributed by atoms with Crippen LogP contribution in [0.25, 0.3) is 6.08 Å². The van der Waals surface area contributed by atoms with Gasteiger partial charge < -0.3 is 9.84 Å². The summed E-state index contributed by atoms with van der Waals surface area (Å²) >= 11 is 0. The van der Waals surface area contributed by atoms with Crippen molar-refractivity contribution in [1.29, 1.82) is 0 Å². The first kappa shape index (κ1) is 8.65. The molecule has 0 aliphatic heterocycles. The van der Waals surface area contributed by atoms with Gasteiger partial charge >= 0.3 is 0 Å². The van der Waals surface area contributed by atoms with E-state index in [4.69, 9.17) is 4.74 Å². The summed E-state index contributed by atoms with van der Waals surface area (Å²) in [6, 6.07) is 5.13. The largest absolute Gasteiger partial charge is 0.504 e. The molecule has 12 heavy (non-hydrogen) atoms. The summed E-state index contributed by atoms with van der Waals surface area (Å²) in [5.41, 5.74) is 0.958. The lowest BCUT2D eigenvalue weighted by atomic mass is 10.2. The zero-order valence-electron chi connectivity index (χ0n) is 6.95. The van der Waals surface area contributed by atoms with Crippen molar-refractivity contribution in [3.63, 3.8) is 0 Å². The first-order valence-corrected chi connectivity index (χ1v) is 3.60. The van der Waals surface area contributed by atoms with Crippen LogP contribution in [-0.2, 0) is 0 Å². The molecule has 1 aromatic rings. The van der Waals surface area contributed by atoms with Gasteiger partial charge in [-0.15, -0.1) is 0 Å². The van der Waals surface area contributed by atoms with Crippen LogP contribution in [-0.4, -0.2) is 12.2 Å². The van der Waals surface area contributed by atoms with E-state index in [0.29, 0.717) is 5.75 Å². The van der Waals surface area contributed by atoms with Crippen molar-refractivity contribution in [3.05, 3.63) is 36.8 Å². The van der Waals surface area contributed by atoms with E-state index in [1.165, 1.54) is 7.11 Å². The molecule has 0 saturated carbocycles. The number of aromatic hydroxyl groups is 1. The van der Waals surface area contributed by atoms with E-state index in [1.807, 2.05) is 6.08 Å². The van der Waals surface area contributed by atoms with E-state index in [9.17, 15) is 5.11 Å². The molecule has 0 aliphatic carbocycles. The fourth-order valence-corrected chi connectivity index (χ4v) is 0.934. The van der Waals surface area contributed by atoms with Gasteiger partial charge in [0.25, 0.3) is 0 Å². The first-order valence-electron chi connectivity index (χ1n) is 3.60. The highest BCUT2D eigenvalue weighted by atomic mass is 16.5. The van der Waals surface area contributed by atoms with E-state index >= 15 is 0 Å². The Labute approximate surface area is 72.1 Å². The third-order valence-electron chi connectivity index (χ3n) is 1.51. The highest BCUT2D eigenvalue weighted by Gasteiger charge is 1.99. The number of hydrogen-bond donors (Lipinski definition) is 1.